The van der Waals surface area contributed by atoms with Crippen molar-refractivity contribution in [1.82, 2.24) is 30.4 Å². The van der Waals surface area contributed by atoms with Crippen molar-refractivity contribution in [2.75, 3.05) is 26.2 Å². The molecule has 2 fully saturated rings. The fourth-order valence-electron chi connectivity index (χ4n) is 5.88. The minimum Gasteiger partial charge on any atom is -0.338 e. The molecular formula is C30H38N6O2. The predicted molar refractivity (Wildman–Crippen MR) is 149 cm³/mol. The summed E-state index contributed by atoms with van der Waals surface area (Å²) < 4.78 is 2.15. The highest BCUT2D eigenvalue weighted by molar-refractivity contribution is 5.98. The molecule has 1 aromatic heterocycles. The number of carbonyl (C=O) groups excluding carboxylic acids is 2. The van der Waals surface area contributed by atoms with Gasteiger partial charge in [-0.25, -0.2) is 9.78 Å². The Hall–Kier alpha value is -3.65. The minimum absolute atomic E-state index is 0.0266. The van der Waals surface area contributed by atoms with Gasteiger partial charge in [-0.1, -0.05) is 73.5 Å². The van der Waals surface area contributed by atoms with E-state index in [1.807, 2.05) is 66.7 Å². The number of benzene rings is 2. The summed E-state index contributed by atoms with van der Waals surface area (Å²) in [4.78, 5) is 33.4. The van der Waals surface area contributed by atoms with Crippen LogP contribution < -0.4 is 16.0 Å². The number of amides is 3. The molecule has 0 unspecified atom stereocenters. The minimum atomic E-state index is -0.147. The van der Waals surface area contributed by atoms with Crippen molar-refractivity contribution < 1.29 is 9.59 Å². The largest absolute Gasteiger partial charge is 0.338 e. The number of nitrogens with zero attached hydrogens (tertiary/aromatic N) is 3. The van der Waals surface area contributed by atoms with Crippen molar-refractivity contribution in [2.45, 2.75) is 57.2 Å². The summed E-state index contributed by atoms with van der Waals surface area (Å²) in [5, 5.41) is 9.50. The molecule has 3 amide bonds. The van der Waals surface area contributed by atoms with Crippen LogP contribution in [-0.4, -0.2) is 64.7 Å². The molecule has 1 aliphatic carbocycles. The van der Waals surface area contributed by atoms with Crippen LogP contribution in [0, 0.1) is 0 Å². The summed E-state index contributed by atoms with van der Waals surface area (Å²) in [5.41, 5.74) is 3.50. The molecule has 0 bridgehead atoms. The van der Waals surface area contributed by atoms with Gasteiger partial charge in [0, 0.05) is 37.8 Å². The third-order valence-corrected chi connectivity index (χ3v) is 7.71. The Morgan fingerprint density at radius 2 is 1.76 bits per heavy atom. The average Bonchev–Trinajstić information content (AvgIpc) is 3.39. The average molecular weight is 515 g/mol. The van der Waals surface area contributed by atoms with Crippen LogP contribution >= 0.6 is 0 Å². The molecule has 1 saturated heterocycles. The lowest BCUT2D eigenvalue weighted by atomic mass is 9.89. The highest BCUT2D eigenvalue weighted by Crippen LogP contribution is 2.35. The van der Waals surface area contributed by atoms with Gasteiger partial charge in [0.1, 0.15) is 0 Å². The number of aromatic nitrogens is 2. The Morgan fingerprint density at radius 1 is 1.03 bits per heavy atom. The summed E-state index contributed by atoms with van der Waals surface area (Å²) in [7, 11) is 0. The first-order valence-corrected chi connectivity index (χ1v) is 13.9. The number of urea groups is 1. The number of rotatable bonds is 7. The van der Waals surface area contributed by atoms with E-state index in [0.29, 0.717) is 18.8 Å². The lowest BCUT2D eigenvalue weighted by Gasteiger charge is -2.36. The molecule has 38 heavy (non-hydrogen) atoms. The van der Waals surface area contributed by atoms with Crippen LogP contribution in [0.3, 0.4) is 0 Å². The Balaban J connectivity index is 1.49. The van der Waals surface area contributed by atoms with E-state index in [9.17, 15) is 9.59 Å². The van der Waals surface area contributed by atoms with Crippen LogP contribution in [0.5, 0.6) is 0 Å². The smallest absolute Gasteiger partial charge is 0.315 e. The molecule has 2 aromatic carbocycles. The summed E-state index contributed by atoms with van der Waals surface area (Å²) in [6.45, 7) is 4.66. The second-order valence-corrected chi connectivity index (χ2v) is 10.2. The quantitative estimate of drug-likeness (QED) is 0.444. The fourth-order valence-corrected chi connectivity index (χ4v) is 5.88. The van der Waals surface area contributed by atoms with Gasteiger partial charge in [-0.05, 0) is 31.7 Å². The van der Waals surface area contributed by atoms with Crippen molar-refractivity contribution in [3.05, 3.63) is 78.2 Å². The number of hydrogen-bond acceptors (Lipinski definition) is 4. The van der Waals surface area contributed by atoms with Crippen LogP contribution in [0.15, 0.2) is 67.0 Å². The maximum atomic E-state index is 14.2. The SMILES string of the molecule is CCNC(=O)N[C@@H]1CCCC[C@@H]1n1cnc(C(=O)N2CCNC[C@H]2Cc2ccccc2)c1-c1ccccc1. The first kappa shape index (κ1) is 26.0. The standard InChI is InChI=1S/C30H38N6O2/c1-2-32-30(38)34-25-15-9-10-16-26(25)36-21-33-27(28(36)23-13-7-4-8-14-23)29(37)35-18-17-31-20-24(35)19-22-11-5-3-6-12-22/h3-8,11-14,21,24-26,31H,2,9-10,15-20H2,1H3,(H2,32,34,38)/t24-,25-,26+/m1/s1. The maximum absolute atomic E-state index is 14.2. The Bertz CT molecular complexity index is 1210. The summed E-state index contributed by atoms with van der Waals surface area (Å²) in [6, 6.07) is 20.3. The van der Waals surface area contributed by atoms with Gasteiger partial charge in [-0.2, -0.15) is 0 Å². The zero-order valence-corrected chi connectivity index (χ0v) is 22.1. The highest BCUT2D eigenvalue weighted by atomic mass is 16.2. The topological polar surface area (TPSA) is 91.3 Å². The third-order valence-electron chi connectivity index (χ3n) is 7.71. The first-order valence-electron chi connectivity index (χ1n) is 13.9. The number of imidazole rings is 1. The Morgan fingerprint density at radius 3 is 2.53 bits per heavy atom. The van der Waals surface area contributed by atoms with Gasteiger partial charge in [0.05, 0.1) is 24.1 Å². The van der Waals surface area contributed by atoms with E-state index in [2.05, 4.69) is 32.7 Å². The van der Waals surface area contributed by atoms with E-state index in [4.69, 9.17) is 4.98 Å². The summed E-state index contributed by atoms with van der Waals surface area (Å²) >= 11 is 0. The van der Waals surface area contributed by atoms with Crippen molar-refractivity contribution in [2.24, 2.45) is 0 Å². The van der Waals surface area contributed by atoms with Crippen LogP contribution in [-0.2, 0) is 6.42 Å². The van der Waals surface area contributed by atoms with Crippen LogP contribution in [0.1, 0.15) is 54.7 Å². The van der Waals surface area contributed by atoms with E-state index in [1.54, 1.807) is 0 Å². The Kier molecular flexibility index (Phi) is 8.38. The van der Waals surface area contributed by atoms with Crippen LogP contribution in [0.4, 0.5) is 4.79 Å². The molecule has 0 spiro atoms. The molecule has 1 aliphatic heterocycles. The van der Waals surface area contributed by atoms with Crippen LogP contribution in [0.25, 0.3) is 11.3 Å². The zero-order valence-electron chi connectivity index (χ0n) is 22.1. The second-order valence-electron chi connectivity index (χ2n) is 10.2. The second kappa shape index (κ2) is 12.3. The van der Waals surface area contributed by atoms with Gasteiger partial charge in [0.25, 0.3) is 5.91 Å². The van der Waals surface area contributed by atoms with E-state index in [-0.39, 0.29) is 30.1 Å². The molecule has 3 aromatic rings. The highest BCUT2D eigenvalue weighted by Gasteiger charge is 2.35. The molecule has 1 saturated carbocycles. The molecule has 2 aliphatic rings. The zero-order chi connectivity index (χ0) is 26.3. The van der Waals surface area contributed by atoms with E-state index in [1.165, 1.54) is 5.56 Å². The Labute approximate surface area is 224 Å². The first-order chi connectivity index (χ1) is 18.7. The number of nitrogens with one attached hydrogen (secondary N) is 3. The van der Waals surface area contributed by atoms with Crippen molar-refractivity contribution in [1.29, 1.82) is 0 Å². The van der Waals surface area contributed by atoms with Gasteiger partial charge in [0.15, 0.2) is 5.69 Å². The van der Waals surface area contributed by atoms with Crippen molar-refractivity contribution >= 4 is 11.9 Å². The molecule has 8 nitrogen and oxygen atoms in total. The maximum Gasteiger partial charge on any atom is 0.315 e. The molecule has 2 heterocycles. The van der Waals surface area contributed by atoms with Gasteiger partial charge < -0.3 is 25.4 Å². The predicted octanol–water partition coefficient (Wildman–Crippen LogP) is 4.01. The fraction of sp³-hybridized carbons (Fsp3) is 0.433. The molecule has 8 heteroatoms. The van der Waals surface area contributed by atoms with Gasteiger partial charge >= 0.3 is 6.03 Å². The molecule has 200 valence electrons. The van der Waals surface area contributed by atoms with Crippen molar-refractivity contribution in [3.8, 4) is 11.3 Å². The summed E-state index contributed by atoms with van der Waals surface area (Å²) in [5.74, 6) is -0.0333. The normalized spacial score (nSPS) is 21.6. The number of hydrogen-bond donors (Lipinski definition) is 3. The summed E-state index contributed by atoms with van der Waals surface area (Å²) in [6.07, 6.45) is 6.57. The van der Waals surface area contributed by atoms with Gasteiger partial charge in [-0.15, -0.1) is 0 Å². The third kappa shape index (κ3) is 5.75. The molecule has 5 rings (SSSR count). The molecule has 3 atom stereocenters. The molecule has 0 radical (unpaired) electrons. The van der Waals surface area contributed by atoms with Crippen LogP contribution in [0.2, 0.25) is 0 Å². The van der Waals surface area contributed by atoms with E-state index in [0.717, 1.165) is 56.5 Å². The van der Waals surface area contributed by atoms with E-state index >= 15 is 0 Å². The molecule has 3 N–H and O–H groups in total. The number of piperazine rings is 1. The lowest BCUT2D eigenvalue weighted by molar-refractivity contribution is 0.0631. The van der Waals surface area contributed by atoms with Crippen molar-refractivity contribution in [3.63, 3.8) is 0 Å². The lowest BCUT2D eigenvalue weighted by Crippen LogP contribution is -2.54. The van der Waals surface area contributed by atoms with E-state index < -0.39 is 0 Å². The monoisotopic (exact) mass is 514 g/mol. The number of carbonyl (C=O) groups is 2. The molecular weight excluding hydrogens is 476 g/mol. The van der Waals surface area contributed by atoms with Gasteiger partial charge in [0.2, 0.25) is 0 Å². The van der Waals surface area contributed by atoms with Gasteiger partial charge in [-0.3, -0.25) is 4.79 Å².